The van der Waals surface area contributed by atoms with Crippen molar-refractivity contribution in [1.29, 1.82) is 0 Å². The third-order valence-corrected chi connectivity index (χ3v) is 4.08. The van der Waals surface area contributed by atoms with E-state index in [1.54, 1.807) is 18.2 Å². The molecule has 138 valence electrons. The van der Waals surface area contributed by atoms with Crippen molar-refractivity contribution in [1.82, 2.24) is 15.3 Å². The molecule has 0 unspecified atom stereocenters. The van der Waals surface area contributed by atoms with Gasteiger partial charge in [-0.3, -0.25) is 4.79 Å². The second-order valence-corrected chi connectivity index (χ2v) is 6.05. The number of hydrogen-bond acceptors (Lipinski definition) is 4. The Labute approximate surface area is 157 Å². The van der Waals surface area contributed by atoms with Crippen LogP contribution >= 0.6 is 0 Å². The van der Waals surface area contributed by atoms with E-state index in [1.165, 1.54) is 24.0 Å². The predicted molar refractivity (Wildman–Crippen MR) is 103 cm³/mol. The lowest BCUT2D eigenvalue weighted by atomic mass is 10.1. The van der Waals surface area contributed by atoms with Gasteiger partial charge in [0.2, 0.25) is 0 Å². The summed E-state index contributed by atoms with van der Waals surface area (Å²) in [4.78, 5) is 20.5. The van der Waals surface area contributed by atoms with Gasteiger partial charge in [0.15, 0.2) is 0 Å². The van der Waals surface area contributed by atoms with E-state index < -0.39 is 0 Å². The smallest absolute Gasteiger partial charge is 0.271 e. The van der Waals surface area contributed by atoms with Gasteiger partial charge in [-0.15, -0.1) is 0 Å². The van der Waals surface area contributed by atoms with Crippen LogP contribution < -0.4 is 10.6 Å². The summed E-state index contributed by atoms with van der Waals surface area (Å²) in [6.07, 6.45) is 4.27. The van der Waals surface area contributed by atoms with Crippen molar-refractivity contribution in [3.8, 4) is 0 Å². The van der Waals surface area contributed by atoms with Gasteiger partial charge < -0.3 is 10.6 Å². The fourth-order valence-electron chi connectivity index (χ4n) is 2.62. The maximum atomic E-state index is 13.5. The van der Waals surface area contributed by atoms with Crippen molar-refractivity contribution in [2.75, 3.05) is 18.4 Å². The van der Waals surface area contributed by atoms with Gasteiger partial charge in [-0.25, -0.2) is 14.4 Å². The number of carbonyl (C=O) groups excluding carboxylic acids is 1. The number of anilines is 1. The molecule has 0 saturated carbocycles. The summed E-state index contributed by atoms with van der Waals surface area (Å²) in [5.41, 5.74) is 2.04. The van der Waals surface area contributed by atoms with E-state index in [0.717, 1.165) is 13.0 Å². The highest BCUT2D eigenvalue weighted by Gasteiger charge is 2.08. The Hall–Kier alpha value is -3.28. The molecule has 0 fully saturated rings. The zero-order valence-electron chi connectivity index (χ0n) is 14.9. The van der Waals surface area contributed by atoms with Gasteiger partial charge in [0.25, 0.3) is 5.91 Å². The van der Waals surface area contributed by atoms with E-state index >= 15 is 0 Å². The summed E-state index contributed by atoms with van der Waals surface area (Å²) in [5, 5.41) is 5.91. The maximum Gasteiger partial charge on any atom is 0.271 e. The average Bonchev–Trinajstić information content (AvgIpc) is 2.71. The van der Waals surface area contributed by atoms with Gasteiger partial charge in [-0.1, -0.05) is 48.5 Å². The van der Waals surface area contributed by atoms with Crippen LogP contribution in [-0.4, -0.2) is 29.0 Å². The monoisotopic (exact) mass is 364 g/mol. The molecule has 0 bridgehead atoms. The van der Waals surface area contributed by atoms with Crippen molar-refractivity contribution >= 4 is 11.7 Å². The Bertz CT molecular complexity index is 869. The molecule has 5 nitrogen and oxygen atoms in total. The fourth-order valence-corrected chi connectivity index (χ4v) is 2.62. The van der Waals surface area contributed by atoms with Crippen molar-refractivity contribution in [2.45, 2.75) is 12.8 Å². The minimum Gasteiger partial charge on any atom is -0.368 e. The lowest BCUT2D eigenvalue weighted by Gasteiger charge is -2.07. The number of rotatable bonds is 8. The average molecular weight is 364 g/mol. The molecule has 0 aliphatic carbocycles. The molecule has 1 amide bonds. The SMILES string of the molecule is O=C(NCCc1ccccc1F)c1cnc(NCCc2ccccc2)cn1. The largest absolute Gasteiger partial charge is 0.368 e. The molecule has 0 saturated heterocycles. The van der Waals surface area contributed by atoms with E-state index in [0.29, 0.717) is 24.3 Å². The molecule has 0 aliphatic heterocycles. The van der Waals surface area contributed by atoms with Crippen molar-refractivity contribution < 1.29 is 9.18 Å². The molecule has 1 heterocycles. The molecule has 0 spiro atoms. The Morgan fingerprint density at radius 3 is 2.41 bits per heavy atom. The minimum absolute atomic E-state index is 0.233. The lowest BCUT2D eigenvalue weighted by molar-refractivity contribution is 0.0948. The van der Waals surface area contributed by atoms with Crippen molar-refractivity contribution in [3.63, 3.8) is 0 Å². The first-order valence-electron chi connectivity index (χ1n) is 8.84. The Balaban J connectivity index is 1.43. The van der Waals surface area contributed by atoms with Gasteiger partial charge in [0.1, 0.15) is 17.3 Å². The summed E-state index contributed by atoms with van der Waals surface area (Å²) in [7, 11) is 0. The maximum absolute atomic E-state index is 13.5. The Kier molecular flexibility index (Phi) is 6.46. The van der Waals surface area contributed by atoms with Gasteiger partial charge in [0, 0.05) is 13.1 Å². The van der Waals surface area contributed by atoms with Crippen LogP contribution in [0.5, 0.6) is 0 Å². The number of nitrogens with one attached hydrogen (secondary N) is 2. The van der Waals surface area contributed by atoms with Crippen LogP contribution in [0, 0.1) is 5.82 Å². The number of hydrogen-bond donors (Lipinski definition) is 2. The number of amides is 1. The molecule has 6 heteroatoms. The normalized spacial score (nSPS) is 10.4. The topological polar surface area (TPSA) is 66.9 Å². The van der Waals surface area contributed by atoms with Crippen molar-refractivity contribution in [2.24, 2.45) is 0 Å². The molecule has 27 heavy (non-hydrogen) atoms. The first kappa shape index (κ1) is 18.5. The molecule has 1 aromatic heterocycles. The van der Waals surface area contributed by atoms with Gasteiger partial charge >= 0.3 is 0 Å². The molecule has 3 aromatic rings. The lowest BCUT2D eigenvalue weighted by Crippen LogP contribution is -2.27. The highest BCUT2D eigenvalue weighted by molar-refractivity contribution is 5.91. The number of benzene rings is 2. The van der Waals surface area contributed by atoms with E-state index in [9.17, 15) is 9.18 Å². The number of halogens is 1. The van der Waals surface area contributed by atoms with E-state index in [4.69, 9.17) is 0 Å². The fraction of sp³-hybridized carbons (Fsp3) is 0.190. The van der Waals surface area contributed by atoms with Crippen LogP contribution in [0.25, 0.3) is 0 Å². The molecular formula is C21H21FN4O. The molecule has 0 radical (unpaired) electrons. The van der Waals surface area contributed by atoms with Gasteiger partial charge in [-0.2, -0.15) is 0 Å². The minimum atomic E-state index is -0.324. The van der Waals surface area contributed by atoms with Gasteiger partial charge in [-0.05, 0) is 30.0 Å². The van der Waals surface area contributed by atoms with E-state index in [-0.39, 0.29) is 17.4 Å². The second kappa shape index (κ2) is 9.43. The number of nitrogens with zero attached hydrogens (tertiary/aromatic N) is 2. The quantitative estimate of drug-likeness (QED) is 0.644. The van der Waals surface area contributed by atoms with E-state index in [1.807, 2.05) is 18.2 Å². The molecule has 0 aliphatic rings. The zero-order chi connectivity index (χ0) is 18.9. The predicted octanol–water partition coefficient (Wildman–Crippen LogP) is 3.24. The number of carbonyl (C=O) groups is 1. The summed E-state index contributed by atoms with van der Waals surface area (Å²) < 4.78 is 13.5. The Morgan fingerprint density at radius 2 is 1.67 bits per heavy atom. The molecule has 2 N–H and O–H groups in total. The Morgan fingerprint density at radius 1 is 0.889 bits per heavy atom. The van der Waals surface area contributed by atoms with Crippen LogP contribution in [0.1, 0.15) is 21.6 Å². The summed E-state index contributed by atoms with van der Waals surface area (Å²) in [6.45, 7) is 1.06. The first-order valence-corrected chi connectivity index (χ1v) is 8.84. The first-order chi connectivity index (χ1) is 13.2. The van der Waals surface area contributed by atoms with Crippen LogP contribution in [0.3, 0.4) is 0 Å². The molecule has 3 rings (SSSR count). The van der Waals surface area contributed by atoms with E-state index in [2.05, 4.69) is 32.7 Å². The zero-order valence-corrected chi connectivity index (χ0v) is 14.9. The van der Waals surface area contributed by atoms with Crippen molar-refractivity contribution in [3.05, 3.63) is 89.6 Å². The summed E-state index contributed by atoms with van der Waals surface area (Å²) >= 11 is 0. The summed E-state index contributed by atoms with van der Waals surface area (Å²) in [6, 6.07) is 16.7. The van der Waals surface area contributed by atoms with Gasteiger partial charge in [0.05, 0.1) is 12.4 Å². The highest BCUT2D eigenvalue weighted by Crippen LogP contribution is 2.07. The third-order valence-electron chi connectivity index (χ3n) is 4.08. The highest BCUT2D eigenvalue weighted by atomic mass is 19.1. The molecule has 2 aromatic carbocycles. The molecule has 0 atom stereocenters. The summed E-state index contributed by atoms with van der Waals surface area (Å²) in [5.74, 6) is 0.0287. The van der Waals surface area contributed by atoms with Crippen LogP contribution in [0.2, 0.25) is 0 Å². The van der Waals surface area contributed by atoms with Crippen LogP contribution in [0.15, 0.2) is 67.0 Å². The van der Waals surface area contributed by atoms with Crippen LogP contribution in [0.4, 0.5) is 10.2 Å². The standard InChI is InChI=1S/C21H21FN4O/c22-18-9-5-4-8-17(18)11-13-24-21(27)19-14-26-20(15-25-19)23-12-10-16-6-2-1-3-7-16/h1-9,14-15H,10-13H2,(H,23,26)(H,24,27). The second-order valence-electron chi connectivity index (χ2n) is 6.05. The molecular weight excluding hydrogens is 343 g/mol. The third kappa shape index (κ3) is 5.60. The van der Waals surface area contributed by atoms with Crippen LogP contribution in [-0.2, 0) is 12.8 Å². The number of aromatic nitrogens is 2.